The zero-order chi connectivity index (χ0) is 21.0. The average molecular weight is 392 g/mol. The predicted octanol–water partition coefficient (Wildman–Crippen LogP) is 4.41. The zero-order valence-electron chi connectivity index (χ0n) is 17.2. The van der Waals surface area contributed by atoms with E-state index in [1.807, 2.05) is 32.9 Å². The molecule has 0 spiro atoms. The number of nitrogens with zero attached hydrogens (tertiary/aromatic N) is 2. The SMILES string of the molecule is COc1ccc(OC)c(Nc2cnc(C(=O)Nc3c(C)cc(C)cc3C)cn2)c1. The number of methoxy groups -OCH3 is 2. The lowest BCUT2D eigenvalue weighted by Crippen LogP contribution is -2.16. The minimum atomic E-state index is -0.307. The van der Waals surface area contributed by atoms with Crippen LogP contribution in [0.3, 0.4) is 0 Å². The van der Waals surface area contributed by atoms with Crippen LogP contribution in [0, 0.1) is 20.8 Å². The Labute approximate surface area is 170 Å². The van der Waals surface area contributed by atoms with Gasteiger partial charge >= 0.3 is 0 Å². The summed E-state index contributed by atoms with van der Waals surface area (Å²) in [6.07, 6.45) is 2.94. The molecular weight excluding hydrogens is 368 g/mol. The number of anilines is 3. The largest absolute Gasteiger partial charge is 0.497 e. The van der Waals surface area contributed by atoms with Gasteiger partial charge in [-0.1, -0.05) is 17.7 Å². The molecule has 2 aromatic carbocycles. The Hall–Kier alpha value is -3.61. The average Bonchev–Trinajstić information content (AvgIpc) is 2.71. The van der Waals surface area contributed by atoms with Gasteiger partial charge in [-0.25, -0.2) is 9.97 Å². The lowest BCUT2D eigenvalue weighted by atomic mass is 10.1. The van der Waals surface area contributed by atoms with E-state index in [1.54, 1.807) is 32.4 Å². The quantitative estimate of drug-likeness (QED) is 0.646. The summed E-state index contributed by atoms with van der Waals surface area (Å²) in [5, 5.41) is 6.05. The lowest BCUT2D eigenvalue weighted by molar-refractivity contribution is 0.102. The molecular formula is C22H24N4O3. The molecule has 0 aliphatic rings. The molecule has 0 saturated carbocycles. The first-order valence-electron chi connectivity index (χ1n) is 9.11. The number of aryl methyl sites for hydroxylation is 3. The number of hydrogen-bond donors (Lipinski definition) is 2. The van der Waals surface area contributed by atoms with Gasteiger partial charge in [0.2, 0.25) is 0 Å². The Kier molecular flexibility index (Phi) is 5.97. The number of rotatable bonds is 6. The van der Waals surface area contributed by atoms with Crippen molar-refractivity contribution >= 4 is 23.1 Å². The number of aromatic nitrogens is 2. The molecule has 29 heavy (non-hydrogen) atoms. The van der Waals surface area contributed by atoms with Crippen molar-refractivity contribution in [1.29, 1.82) is 0 Å². The maximum atomic E-state index is 12.6. The van der Waals surface area contributed by atoms with Gasteiger partial charge in [-0.15, -0.1) is 0 Å². The van der Waals surface area contributed by atoms with Crippen molar-refractivity contribution in [3.63, 3.8) is 0 Å². The molecule has 2 N–H and O–H groups in total. The molecule has 0 aliphatic heterocycles. The number of amides is 1. The van der Waals surface area contributed by atoms with Crippen molar-refractivity contribution in [3.05, 3.63) is 65.1 Å². The van der Waals surface area contributed by atoms with E-state index in [9.17, 15) is 4.79 Å². The monoisotopic (exact) mass is 392 g/mol. The van der Waals surface area contributed by atoms with Gasteiger partial charge in [0.05, 0.1) is 32.3 Å². The number of ether oxygens (including phenoxy) is 2. The topological polar surface area (TPSA) is 85.4 Å². The Morgan fingerprint density at radius 3 is 2.24 bits per heavy atom. The highest BCUT2D eigenvalue weighted by Gasteiger charge is 2.13. The summed E-state index contributed by atoms with van der Waals surface area (Å²) < 4.78 is 10.6. The van der Waals surface area contributed by atoms with Crippen LogP contribution in [0.15, 0.2) is 42.7 Å². The van der Waals surface area contributed by atoms with Crippen LogP contribution in [-0.4, -0.2) is 30.1 Å². The van der Waals surface area contributed by atoms with E-state index >= 15 is 0 Å². The van der Waals surface area contributed by atoms with E-state index in [0.717, 1.165) is 22.4 Å². The molecule has 1 amide bonds. The van der Waals surface area contributed by atoms with E-state index in [-0.39, 0.29) is 11.6 Å². The fourth-order valence-electron chi connectivity index (χ4n) is 3.11. The number of carbonyl (C=O) groups excluding carboxylic acids is 1. The molecule has 1 aromatic heterocycles. The van der Waals surface area contributed by atoms with Crippen LogP contribution in [-0.2, 0) is 0 Å². The van der Waals surface area contributed by atoms with Crippen molar-refractivity contribution in [1.82, 2.24) is 9.97 Å². The molecule has 0 atom stereocenters. The normalized spacial score (nSPS) is 10.4. The minimum Gasteiger partial charge on any atom is -0.497 e. The van der Waals surface area contributed by atoms with E-state index in [2.05, 4.69) is 20.6 Å². The van der Waals surface area contributed by atoms with Crippen molar-refractivity contribution in [2.24, 2.45) is 0 Å². The molecule has 0 fully saturated rings. The number of nitrogens with one attached hydrogen (secondary N) is 2. The standard InChI is InChI=1S/C22H24N4O3/c1-13-8-14(2)21(15(3)9-13)26-22(27)18-11-24-20(12-23-18)25-17-10-16(28-4)6-7-19(17)29-5/h6-12H,1-5H3,(H,24,25)(H,26,27). The first-order valence-corrected chi connectivity index (χ1v) is 9.11. The summed E-state index contributed by atoms with van der Waals surface area (Å²) in [7, 11) is 3.18. The number of hydrogen-bond acceptors (Lipinski definition) is 6. The number of benzene rings is 2. The molecule has 3 rings (SSSR count). The molecule has 0 saturated heterocycles. The summed E-state index contributed by atoms with van der Waals surface area (Å²) in [6, 6.07) is 9.45. The maximum Gasteiger partial charge on any atom is 0.275 e. The summed E-state index contributed by atoms with van der Waals surface area (Å²) in [6.45, 7) is 5.96. The fraction of sp³-hybridized carbons (Fsp3) is 0.227. The van der Waals surface area contributed by atoms with Gasteiger partial charge in [-0.2, -0.15) is 0 Å². The summed E-state index contributed by atoms with van der Waals surface area (Å²) in [4.78, 5) is 21.1. The van der Waals surface area contributed by atoms with Gasteiger partial charge < -0.3 is 20.1 Å². The maximum absolute atomic E-state index is 12.6. The molecule has 0 radical (unpaired) electrons. The van der Waals surface area contributed by atoms with Crippen molar-refractivity contribution < 1.29 is 14.3 Å². The zero-order valence-corrected chi connectivity index (χ0v) is 17.2. The van der Waals surface area contributed by atoms with Crippen LogP contribution in [0.25, 0.3) is 0 Å². The highest BCUT2D eigenvalue weighted by Crippen LogP contribution is 2.30. The molecule has 150 valence electrons. The predicted molar refractivity (Wildman–Crippen MR) is 113 cm³/mol. The van der Waals surface area contributed by atoms with Crippen molar-refractivity contribution in [3.8, 4) is 11.5 Å². The smallest absolute Gasteiger partial charge is 0.275 e. The summed E-state index contributed by atoms with van der Waals surface area (Å²) >= 11 is 0. The molecule has 0 aliphatic carbocycles. The highest BCUT2D eigenvalue weighted by atomic mass is 16.5. The second-order valence-corrected chi connectivity index (χ2v) is 6.71. The summed E-state index contributed by atoms with van der Waals surface area (Å²) in [5.41, 5.74) is 4.88. The van der Waals surface area contributed by atoms with E-state index in [0.29, 0.717) is 23.0 Å². The van der Waals surface area contributed by atoms with Gasteiger partial charge in [0, 0.05) is 11.8 Å². The first kappa shape index (κ1) is 20.1. The van der Waals surface area contributed by atoms with Crippen LogP contribution in [0.4, 0.5) is 17.2 Å². The van der Waals surface area contributed by atoms with Gasteiger partial charge in [0.15, 0.2) is 0 Å². The van der Waals surface area contributed by atoms with E-state index in [4.69, 9.17) is 9.47 Å². The van der Waals surface area contributed by atoms with Crippen LogP contribution < -0.4 is 20.1 Å². The van der Waals surface area contributed by atoms with Gasteiger partial charge in [0.25, 0.3) is 5.91 Å². The minimum absolute atomic E-state index is 0.229. The van der Waals surface area contributed by atoms with E-state index < -0.39 is 0 Å². The molecule has 0 unspecified atom stereocenters. The molecule has 7 heteroatoms. The van der Waals surface area contributed by atoms with Gasteiger partial charge in [-0.3, -0.25) is 4.79 Å². The molecule has 1 heterocycles. The Morgan fingerprint density at radius 1 is 0.931 bits per heavy atom. The van der Waals surface area contributed by atoms with Crippen LogP contribution in [0.5, 0.6) is 11.5 Å². The second-order valence-electron chi connectivity index (χ2n) is 6.71. The van der Waals surface area contributed by atoms with Gasteiger partial charge in [0.1, 0.15) is 23.0 Å². The first-order chi connectivity index (χ1) is 13.9. The third-order valence-corrected chi connectivity index (χ3v) is 4.47. The summed E-state index contributed by atoms with van der Waals surface area (Å²) in [5.74, 6) is 1.50. The van der Waals surface area contributed by atoms with Crippen LogP contribution in [0.2, 0.25) is 0 Å². The Balaban J connectivity index is 1.76. The molecule has 7 nitrogen and oxygen atoms in total. The third-order valence-electron chi connectivity index (χ3n) is 4.47. The molecule has 0 bridgehead atoms. The Morgan fingerprint density at radius 2 is 1.66 bits per heavy atom. The second kappa shape index (κ2) is 8.60. The van der Waals surface area contributed by atoms with Gasteiger partial charge in [-0.05, 0) is 44.0 Å². The molecule has 3 aromatic rings. The Bertz CT molecular complexity index is 1010. The van der Waals surface area contributed by atoms with E-state index in [1.165, 1.54) is 12.4 Å². The third kappa shape index (κ3) is 4.63. The lowest BCUT2D eigenvalue weighted by Gasteiger charge is -2.13. The van der Waals surface area contributed by atoms with Crippen LogP contribution >= 0.6 is 0 Å². The number of carbonyl (C=O) groups is 1. The van der Waals surface area contributed by atoms with Crippen molar-refractivity contribution in [2.75, 3.05) is 24.9 Å². The van der Waals surface area contributed by atoms with Crippen molar-refractivity contribution in [2.45, 2.75) is 20.8 Å². The highest BCUT2D eigenvalue weighted by molar-refractivity contribution is 6.03. The van der Waals surface area contributed by atoms with Crippen LogP contribution in [0.1, 0.15) is 27.2 Å². The fourth-order valence-corrected chi connectivity index (χ4v) is 3.11.